The van der Waals surface area contributed by atoms with Crippen molar-refractivity contribution in [2.24, 2.45) is 0 Å². The van der Waals surface area contributed by atoms with Crippen LogP contribution in [0.15, 0.2) is 47.8 Å². The van der Waals surface area contributed by atoms with Gasteiger partial charge >= 0.3 is 6.03 Å². The number of amides is 2. The van der Waals surface area contributed by atoms with Crippen molar-refractivity contribution >= 4 is 28.2 Å². The monoisotopic (exact) mass is 369 g/mol. The number of aromatic nitrogens is 1. The summed E-state index contributed by atoms with van der Waals surface area (Å²) in [6.07, 6.45) is 0. The molecule has 7 heteroatoms. The summed E-state index contributed by atoms with van der Waals surface area (Å²) in [5, 5.41) is 7.94. The normalized spacial score (nSPS) is 10.3. The average Bonchev–Trinajstić information content (AvgIpc) is 3.10. The van der Waals surface area contributed by atoms with Crippen molar-refractivity contribution in [1.82, 2.24) is 4.98 Å². The molecule has 0 aliphatic carbocycles. The number of benzene rings is 2. The first-order chi connectivity index (χ1) is 12.6. The van der Waals surface area contributed by atoms with E-state index < -0.39 is 0 Å². The summed E-state index contributed by atoms with van der Waals surface area (Å²) in [6.45, 7) is 1.98. The SMILES string of the molecule is COc1ccc(NC(=O)Nc2nc(-c3ccc(OC)c(C)c3)cs2)cc1. The molecule has 2 aromatic carbocycles. The van der Waals surface area contributed by atoms with Gasteiger partial charge in [0.05, 0.1) is 19.9 Å². The molecule has 0 fully saturated rings. The van der Waals surface area contributed by atoms with E-state index in [0.29, 0.717) is 10.8 Å². The summed E-state index contributed by atoms with van der Waals surface area (Å²) in [6, 6.07) is 12.6. The second kappa shape index (κ2) is 7.88. The Morgan fingerprint density at radius 1 is 1.04 bits per heavy atom. The third-order valence-electron chi connectivity index (χ3n) is 3.76. The number of hydrogen-bond acceptors (Lipinski definition) is 5. The second-order valence-corrected chi connectivity index (χ2v) is 6.39. The number of hydrogen-bond donors (Lipinski definition) is 2. The number of carbonyl (C=O) groups excluding carboxylic acids is 1. The highest BCUT2D eigenvalue weighted by atomic mass is 32.1. The van der Waals surface area contributed by atoms with Crippen LogP contribution in [0.3, 0.4) is 0 Å². The number of nitrogens with one attached hydrogen (secondary N) is 2. The predicted molar refractivity (Wildman–Crippen MR) is 104 cm³/mol. The van der Waals surface area contributed by atoms with Crippen LogP contribution >= 0.6 is 11.3 Å². The van der Waals surface area contributed by atoms with Crippen molar-refractivity contribution in [2.45, 2.75) is 6.92 Å². The summed E-state index contributed by atoms with van der Waals surface area (Å²) >= 11 is 1.37. The molecule has 1 heterocycles. The number of urea groups is 1. The molecule has 0 saturated carbocycles. The van der Waals surface area contributed by atoms with Crippen LogP contribution in [0.1, 0.15) is 5.56 Å². The molecule has 3 aromatic rings. The third kappa shape index (κ3) is 4.12. The summed E-state index contributed by atoms with van der Waals surface area (Å²) in [4.78, 5) is 16.6. The van der Waals surface area contributed by atoms with E-state index in [1.165, 1.54) is 11.3 Å². The van der Waals surface area contributed by atoms with Gasteiger partial charge in [-0.3, -0.25) is 5.32 Å². The van der Waals surface area contributed by atoms with Gasteiger partial charge < -0.3 is 14.8 Å². The van der Waals surface area contributed by atoms with E-state index >= 15 is 0 Å². The van der Waals surface area contributed by atoms with Crippen LogP contribution < -0.4 is 20.1 Å². The van der Waals surface area contributed by atoms with Crippen LogP contribution in [0.2, 0.25) is 0 Å². The Kier molecular flexibility index (Phi) is 5.38. The number of aryl methyl sites for hydroxylation is 1. The van der Waals surface area contributed by atoms with Crippen LogP contribution in [0.5, 0.6) is 11.5 Å². The molecule has 0 unspecified atom stereocenters. The van der Waals surface area contributed by atoms with Gasteiger partial charge in [-0.05, 0) is 55.0 Å². The lowest BCUT2D eigenvalue weighted by Gasteiger charge is -2.06. The Bertz CT molecular complexity index is 907. The molecular weight excluding hydrogens is 350 g/mol. The first-order valence-electron chi connectivity index (χ1n) is 7.91. The highest BCUT2D eigenvalue weighted by Gasteiger charge is 2.09. The Labute approximate surface area is 155 Å². The fourth-order valence-electron chi connectivity index (χ4n) is 2.44. The zero-order chi connectivity index (χ0) is 18.5. The topological polar surface area (TPSA) is 72.5 Å². The van der Waals surface area contributed by atoms with Crippen LogP contribution in [0.4, 0.5) is 15.6 Å². The first-order valence-corrected chi connectivity index (χ1v) is 8.79. The molecule has 134 valence electrons. The first kappa shape index (κ1) is 17.8. The molecule has 1 aromatic heterocycles. The number of methoxy groups -OCH3 is 2. The van der Waals surface area contributed by atoms with Crippen molar-refractivity contribution in [1.29, 1.82) is 0 Å². The van der Waals surface area contributed by atoms with Gasteiger partial charge in [0.25, 0.3) is 0 Å². The van der Waals surface area contributed by atoms with Gasteiger partial charge in [-0.1, -0.05) is 0 Å². The Balaban J connectivity index is 1.65. The maximum Gasteiger partial charge on any atom is 0.325 e. The lowest BCUT2D eigenvalue weighted by molar-refractivity contribution is 0.262. The van der Waals surface area contributed by atoms with Crippen LogP contribution in [0, 0.1) is 6.92 Å². The van der Waals surface area contributed by atoms with Crippen molar-refractivity contribution in [3.8, 4) is 22.8 Å². The second-order valence-electron chi connectivity index (χ2n) is 5.53. The summed E-state index contributed by atoms with van der Waals surface area (Å²) in [5.41, 5.74) is 3.49. The maximum atomic E-state index is 12.1. The predicted octanol–water partition coefficient (Wildman–Crippen LogP) is 4.78. The van der Waals surface area contributed by atoms with E-state index in [-0.39, 0.29) is 6.03 Å². The molecule has 0 saturated heterocycles. The number of carbonyl (C=O) groups is 1. The van der Waals surface area contributed by atoms with Crippen LogP contribution in [-0.2, 0) is 0 Å². The van der Waals surface area contributed by atoms with E-state index in [4.69, 9.17) is 9.47 Å². The van der Waals surface area contributed by atoms with Crippen LogP contribution in [-0.4, -0.2) is 25.2 Å². The van der Waals surface area contributed by atoms with E-state index in [0.717, 1.165) is 28.3 Å². The fourth-order valence-corrected chi connectivity index (χ4v) is 3.15. The van der Waals surface area contributed by atoms with Gasteiger partial charge in [0.2, 0.25) is 0 Å². The lowest BCUT2D eigenvalue weighted by atomic mass is 10.1. The Hall–Kier alpha value is -3.06. The standard InChI is InChI=1S/C19H19N3O3S/c1-12-10-13(4-9-17(12)25-3)16-11-26-19(21-16)22-18(23)20-14-5-7-15(24-2)8-6-14/h4-11H,1-3H3,(H2,20,21,22,23). The summed E-state index contributed by atoms with van der Waals surface area (Å²) in [7, 11) is 3.24. The molecule has 0 bridgehead atoms. The summed E-state index contributed by atoms with van der Waals surface area (Å²) in [5.74, 6) is 1.57. The molecule has 2 amide bonds. The number of rotatable bonds is 5. The molecule has 0 aliphatic heterocycles. The minimum atomic E-state index is -0.345. The van der Waals surface area contributed by atoms with E-state index in [2.05, 4.69) is 15.6 Å². The van der Waals surface area contributed by atoms with Crippen molar-refractivity contribution in [3.63, 3.8) is 0 Å². The van der Waals surface area contributed by atoms with Crippen LogP contribution in [0.25, 0.3) is 11.3 Å². The van der Waals surface area contributed by atoms with Crippen molar-refractivity contribution in [3.05, 3.63) is 53.4 Å². The van der Waals surface area contributed by atoms with Gasteiger partial charge in [0.1, 0.15) is 11.5 Å². The molecule has 0 radical (unpaired) electrons. The zero-order valence-corrected chi connectivity index (χ0v) is 15.5. The highest BCUT2D eigenvalue weighted by Crippen LogP contribution is 2.28. The Morgan fingerprint density at radius 2 is 1.81 bits per heavy atom. The molecule has 2 N–H and O–H groups in total. The number of nitrogens with zero attached hydrogens (tertiary/aromatic N) is 1. The largest absolute Gasteiger partial charge is 0.497 e. The third-order valence-corrected chi connectivity index (χ3v) is 4.52. The van der Waals surface area contributed by atoms with E-state index in [9.17, 15) is 4.79 Å². The van der Waals surface area contributed by atoms with Gasteiger partial charge in [-0.25, -0.2) is 9.78 Å². The number of thiazole rings is 1. The van der Waals surface area contributed by atoms with Gasteiger partial charge in [0, 0.05) is 16.6 Å². The van der Waals surface area contributed by atoms with Gasteiger partial charge in [-0.2, -0.15) is 0 Å². The molecular formula is C19H19N3O3S. The summed E-state index contributed by atoms with van der Waals surface area (Å²) < 4.78 is 10.4. The van der Waals surface area contributed by atoms with E-state index in [1.54, 1.807) is 38.5 Å². The minimum absolute atomic E-state index is 0.345. The highest BCUT2D eigenvalue weighted by molar-refractivity contribution is 7.14. The quantitative estimate of drug-likeness (QED) is 0.679. The fraction of sp³-hybridized carbons (Fsp3) is 0.158. The lowest BCUT2D eigenvalue weighted by Crippen LogP contribution is -2.19. The molecule has 26 heavy (non-hydrogen) atoms. The number of ether oxygens (including phenoxy) is 2. The van der Waals surface area contributed by atoms with E-state index in [1.807, 2.05) is 30.5 Å². The zero-order valence-electron chi connectivity index (χ0n) is 14.7. The van der Waals surface area contributed by atoms with Gasteiger partial charge in [-0.15, -0.1) is 11.3 Å². The Morgan fingerprint density at radius 3 is 2.46 bits per heavy atom. The molecule has 0 aliphatic rings. The molecule has 0 atom stereocenters. The molecule has 6 nitrogen and oxygen atoms in total. The minimum Gasteiger partial charge on any atom is -0.497 e. The van der Waals surface area contributed by atoms with Crippen molar-refractivity contribution in [2.75, 3.05) is 24.9 Å². The number of anilines is 2. The van der Waals surface area contributed by atoms with Gasteiger partial charge in [0.15, 0.2) is 5.13 Å². The smallest absolute Gasteiger partial charge is 0.325 e. The van der Waals surface area contributed by atoms with Crippen molar-refractivity contribution < 1.29 is 14.3 Å². The molecule has 0 spiro atoms. The maximum absolute atomic E-state index is 12.1. The molecule has 3 rings (SSSR count). The average molecular weight is 369 g/mol.